The summed E-state index contributed by atoms with van der Waals surface area (Å²) in [5, 5.41) is 9.35. The minimum absolute atomic E-state index is 0.0750. The number of anilines is 1. The maximum atomic E-state index is 12.9. The standard InChI is InChI=1S/C24H39N3O2/c1-4-5-6-7-8-9-12-17-25-22(18(2)3)24(29)27-21-16-15-19-13-10-11-14-20(19)26-23(21)28/h10-11,13-14,18,21-22,25H,4-9,12,15-17H2,1-3H3,(H,26,28)(H,27,29)/t21-,22?/m1/s1. The maximum Gasteiger partial charge on any atom is 0.246 e. The number of aryl methyl sites for hydroxylation is 1. The van der Waals surface area contributed by atoms with E-state index >= 15 is 0 Å². The van der Waals surface area contributed by atoms with Crippen LogP contribution in [0.3, 0.4) is 0 Å². The van der Waals surface area contributed by atoms with Crippen LogP contribution in [-0.4, -0.2) is 30.4 Å². The van der Waals surface area contributed by atoms with Gasteiger partial charge in [-0.1, -0.05) is 77.5 Å². The van der Waals surface area contributed by atoms with Crippen molar-refractivity contribution in [3.8, 4) is 0 Å². The van der Waals surface area contributed by atoms with Gasteiger partial charge in [-0.25, -0.2) is 0 Å². The summed E-state index contributed by atoms with van der Waals surface area (Å²) in [6.45, 7) is 7.17. The summed E-state index contributed by atoms with van der Waals surface area (Å²) >= 11 is 0. The Morgan fingerprint density at radius 3 is 2.52 bits per heavy atom. The second kappa shape index (κ2) is 12.6. The molecular formula is C24H39N3O2. The molecule has 2 atom stereocenters. The topological polar surface area (TPSA) is 70.2 Å². The van der Waals surface area contributed by atoms with Gasteiger partial charge in [-0.2, -0.15) is 0 Å². The predicted octanol–water partition coefficient (Wildman–Crippen LogP) is 4.42. The normalized spacial score (nSPS) is 17.4. The molecule has 2 amide bonds. The van der Waals surface area contributed by atoms with Crippen LogP contribution < -0.4 is 16.0 Å². The molecule has 0 saturated carbocycles. The highest BCUT2D eigenvalue weighted by Gasteiger charge is 2.29. The number of amides is 2. The molecule has 1 heterocycles. The summed E-state index contributed by atoms with van der Waals surface area (Å²) in [5.74, 6) is -0.0301. The van der Waals surface area contributed by atoms with Crippen LogP contribution in [0.5, 0.6) is 0 Å². The molecule has 1 aliphatic heterocycles. The summed E-state index contributed by atoms with van der Waals surface area (Å²) in [7, 11) is 0. The number of nitrogens with one attached hydrogen (secondary N) is 3. The van der Waals surface area contributed by atoms with E-state index in [9.17, 15) is 9.59 Å². The Labute approximate surface area is 176 Å². The van der Waals surface area contributed by atoms with Gasteiger partial charge >= 0.3 is 0 Å². The van der Waals surface area contributed by atoms with Crippen molar-refractivity contribution in [1.29, 1.82) is 0 Å². The summed E-state index contributed by atoms with van der Waals surface area (Å²) in [4.78, 5) is 25.4. The van der Waals surface area contributed by atoms with E-state index in [4.69, 9.17) is 0 Å². The van der Waals surface area contributed by atoms with Crippen LogP contribution in [0.25, 0.3) is 0 Å². The highest BCUT2D eigenvalue weighted by atomic mass is 16.2. The zero-order valence-electron chi connectivity index (χ0n) is 18.4. The summed E-state index contributed by atoms with van der Waals surface area (Å²) in [5.41, 5.74) is 1.97. The van der Waals surface area contributed by atoms with E-state index in [-0.39, 0.29) is 23.8 Å². The van der Waals surface area contributed by atoms with Gasteiger partial charge in [-0.05, 0) is 43.4 Å². The SMILES string of the molecule is CCCCCCCCCNC(C(=O)N[C@@H]1CCc2ccccc2NC1=O)C(C)C. The van der Waals surface area contributed by atoms with Gasteiger partial charge in [0.1, 0.15) is 6.04 Å². The van der Waals surface area contributed by atoms with E-state index in [0.717, 1.165) is 30.6 Å². The number of fused-ring (bicyclic) bond motifs is 1. The molecule has 1 aliphatic rings. The number of benzene rings is 1. The average molecular weight is 402 g/mol. The summed E-state index contributed by atoms with van der Waals surface area (Å²) in [6, 6.07) is 7.08. The fraction of sp³-hybridized carbons (Fsp3) is 0.667. The Bertz CT molecular complexity index is 645. The Morgan fingerprint density at radius 1 is 1.10 bits per heavy atom. The molecule has 0 radical (unpaired) electrons. The largest absolute Gasteiger partial charge is 0.343 e. The average Bonchev–Trinajstić information content (AvgIpc) is 2.85. The number of rotatable bonds is 12. The van der Waals surface area contributed by atoms with Crippen LogP contribution in [0.15, 0.2) is 24.3 Å². The molecule has 3 N–H and O–H groups in total. The molecule has 5 heteroatoms. The highest BCUT2D eigenvalue weighted by molar-refractivity contribution is 5.99. The lowest BCUT2D eigenvalue weighted by Gasteiger charge is -2.24. The minimum atomic E-state index is -0.489. The first-order valence-electron chi connectivity index (χ1n) is 11.5. The first kappa shape index (κ1) is 23.4. The van der Waals surface area contributed by atoms with Crippen molar-refractivity contribution < 1.29 is 9.59 Å². The van der Waals surface area contributed by atoms with Crippen molar-refractivity contribution in [1.82, 2.24) is 10.6 Å². The Kier molecular flexibility index (Phi) is 10.2. The van der Waals surface area contributed by atoms with Crippen LogP contribution in [0.2, 0.25) is 0 Å². The fourth-order valence-corrected chi connectivity index (χ4v) is 3.88. The Morgan fingerprint density at radius 2 is 1.79 bits per heavy atom. The molecule has 0 aromatic heterocycles. The van der Waals surface area contributed by atoms with Gasteiger partial charge in [0, 0.05) is 5.69 Å². The quantitative estimate of drug-likeness (QED) is 0.454. The van der Waals surface area contributed by atoms with Crippen molar-refractivity contribution in [3.63, 3.8) is 0 Å². The van der Waals surface area contributed by atoms with Crippen molar-refractivity contribution in [2.24, 2.45) is 5.92 Å². The Hall–Kier alpha value is -1.88. The number of carbonyl (C=O) groups excluding carboxylic acids is 2. The second-order valence-electron chi connectivity index (χ2n) is 8.54. The molecule has 1 aromatic rings. The third-order valence-corrected chi connectivity index (χ3v) is 5.70. The molecular weight excluding hydrogens is 362 g/mol. The van der Waals surface area contributed by atoms with E-state index in [1.165, 1.54) is 38.5 Å². The van der Waals surface area contributed by atoms with Crippen molar-refractivity contribution in [2.45, 2.75) is 90.6 Å². The number of para-hydroxylation sites is 1. The third kappa shape index (κ3) is 7.81. The highest BCUT2D eigenvalue weighted by Crippen LogP contribution is 2.21. The second-order valence-corrected chi connectivity index (χ2v) is 8.54. The van der Waals surface area contributed by atoms with Gasteiger partial charge < -0.3 is 16.0 Å². The molecule has 5 nitrogen and oxygen atoms in total. The summed E-state index contributed by atoms with van der Waals surface area (Å²) in [6.07, 6.45) is 10.2. The van der Waals surface area contributed by atoms with Crippen LogP contribution >= 0.6 is 0 Å². The number of hydrogen-bond donors (Lipinski definition) is 3. The molecule has 0 fully saturated rings. The van der Waals surface area contributed by atoms with Crippen molar-refractivity contribution >= 4 is 17.5 Å². The predicted molar refractivity (Wildman–Crippen MR) is 120 cm³/mol. The monoisotopic (exact) mass is 401 g/mol. The maximum absolute atomic E-state index is 12.9. The lowest BCUT2D eigenvalue weighted by atomic mass is 10.0. The van der Waals surface area contributed by atoms with Crippen LogP contribution in [0.4, 0.5) is 5.69 Å². The minimum Gasteiger partial charge on any atom is -0.343 e. The molecule has 0 saturated heterocycles. The van der Waals surface area contributed by atoms with Gasteiger partial charge in [0.2, 0.25) is 11.8 Å². The zero-order valence-corrected chi connectivity index (χ0v) is 18.4. The summed E-state index contributed by atoms with van der Waals surface area (Å²) < 4.78 is 0. The number of hydrogen-bond acceptors (Lipinski definition) is 3. The van der Waals surface area contributed by atoms with Crippen LogP contribution in [0.1, 0.15) is 77.7 Å². The van der Waals surface area contributed by atoms with Crippen LogP contribution in [0, 0.1) is 5.92 Å². The molecule has 0 spiro atoms. The molecule has 0 bridgehead atoms. The van der Waals surface area contributed by atoms with Gasteiger partial charge in [-0.3, -0.25) is 9.59 Å². The van der Waals surface area contributed by atoms with E-state index in [1.807, 2.05) is 38.1 Å². The van der Waals surface area contributed by atoms with Crippen LogP contribution in [-0.2, 0) is 16.0 Å². The van der Waals surface area contributed by atoms with Crippen molar-refractivity contribution in [2.75, 3.05) is 11.9 Å². The van der Waals surface area contributed by atoms with E-state index < -0.39 is 6.04 Å². The number of unbranched alkanes of at least 4 members (excludes halogenated alkanes) is 6. The third-order valence-electron chi connectivity index (χ3n) is 5.70. The fourth-order valence-electron chi connectivity index (χ4n) is 3.88. The van der Waals surface area contributed by atoms with Gasteiger partial charge in [0.25, 0.3) is 0 Å². The zero-order chi connectivity index (χ0) is 21.1. The molecule has 1 unspecified atom stereocenters. The molecule has 29 heavy (non-hydrogen) atoms. The first-order valence-corrected chi connectivity index (χ1v) is 11.5. The lowest BCUT2D eigenvalue weighted by molar-refractivity contribution is -0.128. The molecule has 162 valence electrons. The molecule has 0 aliphatic carbocycles. The van der Waals surface area contributed by atoms with E-state index in [2.05, 4.69) is 22.9 Å². The van der Waals surface area contributed by atoms with E-state index in [1.54, 1.807) is 0 Å². The van der Waals surface area contributed by atoms with Gasteiger partial charge in [0.15, 0.2) is 0 Å². The molecule has 2 rings (SSSR count). The van der Waals surface area contributed by atoms with E-state index in [0.29, 0.717) is 6.42 Å². The lowest BCUT2D eigenvalue weighted by Crippen LogP contribution is -2.53. The number of carbonyl (C=O) groups is 2. The molecule has 1 aromatic carbocycles. The van der Waals surface area contributed by atoms with Crippen molar-refractivity contribution in [3.05, 3.63) is 29.8 Å². The smallest absolute Gasteiger partial charge is 0.246 e. The Balaban J connectivity index is 1.78. The van der Waals surface area contributed by atoms with Gasteiger partial charge in [-0.15, -0.1) is 0 Å². The van der Waals surface area contributed by atoms with Gasteiger partial charge in [0.05, 0.1) is 6.04 Å². The first-order chi connectivity index (χ1) is 14.0.